The minimum absolute atomic E-state index is 0.218. The van der Waals surface area contributed by atoms with Gasteiger partial charge < -0.3 is 18.9 Å². The average molecular weight is 402 g/mol. The number of esters is 3. The Hall–Kier alpha value is -3.26. The largest absolute Gasteiger partial charge is 0.459 e. The Morgan fingerprint density at radius 2 is 1.45 bits per heavy atom. The van der Waals surface area contributed by atoms with Gasteiger partial charge in [0.2, 0.25) is 12.5 Å². The van der Waals surface area contributed by atoms with Crippen molar-refractivity contribution in [3.8, 4) is 0 Å². The molecular weight excluding hydrogens is 383 g/mol. The van der Waals surface area contributed by atoms with Crippen molar-refractivity contribution in [2.45, 2.75) is 31.6 Å². The van der Waals surface area contributed by atoms with Crippen LogP contribution in [0.2, 0.25) is 0 Å². The third-order valence-corrected chi connectivity index (χ3v) is 4.17. The smallest absolute Gasteiger partial charge is 0.338 e. The van der Waals surface area contributed by atoms with Crippen molar-refractivity contribution in [1.82, 2.24) is 0 Å². The first-order chi connectivity index (χ1) is 14.0. The molecule has 0 aliphatic carbocycles. The van der Waals surface area contributed by atoms with Gasteiger partial charge in [-0.3, -0.25) is 4.79 Å². The lowest BCUT2D eigenvalue weighted by molar-refractivity contribution is -0.182. The van der Waals surface area contributed by atoms with Crippen LogP contribution in [0.1, 0.15) is 27.6 Å². The lowest BCUT2D eigenvalue weighted by Crippen LogP contribution is -2.37. The molecule has 0 bridgehead atoms. The maximum atomic E-state index is 14.8. The first kappa shape index (κ1) is 20.5. The number of hydrogen-bond donors (Lipinski definition) is 0. The molecule has 1 fully saturated rings. The molecule has 8 heteroatoms. The Morgan fingerprint density at radius 3 is 2.00 bits per heavy atom. The van der Waals surface area contributed by atoms with Gasteiger partial charge in [0.1, 0.15) is 12.7 Å². The molecule has 152 valence electrons. The lowest BCUT2D eigenvalue weighted by Gasteiger charge is -2.19. The summed E-state index contributed by atoms with van der Waals surface area (Å²) in [4.78, 5) is 35.6. The Morgan fingerprint density at radius 1 is 0.897 bits per heavy atom. The summed E-state index contributed by atoms with van der Waals surface area (Å²) in [7, 11) is 0. The standard InChI is InChI=1S/C21H19FO7/c1-13(23)27-21-17(22)18(29-20(25)15-10-6-3-7-11-15)16(28-21)12-26-19(24)14-8-4-2-5-9-14/h2-11,16-18,21H,12H2,1H3/t16-,17+,18+,21?/m0/s1. The van der Waals surface area contributed by atoms with E-state index in [2.05, 4.69) is 0 Å². The second-order valence-electron chi connectivity index (χ2n) is 6.30. The number of rotatable bonds is 6. The number of halogens is 1. The highest BCUT2D eigenvalue weighted by atomic mass is 19.1. The molecule has 1 saturated heterocycles. The maximum absolute atomic E-state index is 14.8. The Kier molecular flexibility index (Phi) is 6.56. The van der Waals surface area contributed by atoms with Crippen LogP contribution in [0.3, 0.4) is 0 Å². The first-order valence-corrected chi connectivity index (χ1v) is 8.90. The zero-order valence-corrected chi connectivity index (χ0v) is 15.5. The van der Waals surface area contributed by atoms with Crippen LogP contribution in [0.4, 0.5) is 4.39 Å². The van der Waals surface area contributed by atoms with Gasteiger partial charge >= 0.3 is 17.9 Å². The number of alkyl halides is 1. The van der Waals surface area contributed by atoms with Crippen LogP contribution in [0.15, 0.2) is 60.7 Å². The van der Waals surface area contributed by atoms with Crippen molar-refractivity contribution in [2.24, 2.45) is 0 Å². The molecule has 2 aromatic rings. The van der Waals surface area contributed by atoms with Crippen molar-refractivity contribution in [3.63, 3.8) is 0 Å². The normalized spacial score (nSPS) is 23.2. The minimum Gasteiger partial charge on any atom is -0.459 e. The summed E-state index contributed by atoms with van der Waals surface area (Å²) < 4.78 is 35.3. The molecule has 1 heterocycles. The Labute approximate surface area is 166 Å². The second-order valence-corrected chi connectivity index (χ2v) is 6.30. The van der Waals surface area contributed by atoms with Crippen LogP contribution in [-0.4, -0.2) is 49.2 Å². The molecule has 0 spiro atoms. The van der Waals surface area contributed by atoms with Crippen LogP contribution >= 0.6 is 0 Å². The molecule has 1 aliphatic heterocycles. The van der Waals surface area contributed by atoms with Crippen molar-refractivity contribution < 1.29 is 37.7 Å². The zero-order valence-electron chi connectivity index (χ0n) is 15.5. The summed E-state index contributed by atoms with van der Waals surface area (Å²) in [5.41, 5.74) is 0.521. The third-order valence-electron chi connectivity index (χ3n) is 4.17. The van der Waals surface area contributed by atoms with Gasteiger partial charge in [0.15, 0.2) is 6.10 Å². The number of carbonyl (C=O) groups is 3. The fourth-order valence-electron chi connectivity index (χ4n) is 2.80. The quantitative estimate of drug-likeness (QED) is 0.542. The van der Waals surface area contributed by atoms with E-state index in [0.717, 1.165) is 6.92 Å². The molecule has 0 aromatic heterocycles. The Balaban J connectivity index is 1.70. The summed E-state index contributed by atoms with van der Waals surface area (Å²) in [6.45, 7) is 0.711. The molecule has 29 heavy (non-hydrogen) atoms. The molecule has 1 unspecified atom stereocenters. The SMILES string of the molecule is CC(=O)OC1O[C@@H](COC(=O)c2ccccc2)[C@@H](OC(=O)c2ccccc2)[C@H]1F. The van der Waals surface area contributed by atoms with Crippen LogP contribution in [-0.2, 0) is 23.7 Å². The number of carbonyl (C=O) groups excluding carboxylic acids is 3. The lowest BCUT2D eigenvalue weighted by atomic mass is 10.1. The first-order valence-electron chi connectivity index (χ1n) is 8.90. The van der Waals surface area contributed by atoms with Gasteiger partial charge in [0, 0.05) is 6.92 Å². The van der Waals surface area contributed by atoms with Crippen LogP contribution in [0.5, 0.6) is 0 Å². The summed E-state index contributed by atoms with van der Waals surface area (Å²) in [6, 6.07) is 16.2. The van der Waals surface area contributed by atoms with Crippen LogP contribution in [0, 0.1) is 0 Å². The van der Waals surface area contributed by atoms with E-state index < -0.39 is 49.2 Å². The molecule has 1 aliphatic rings. The van der Waals surface area contributed by atoms with Crippen molar-refractivity contribution in [3.05, 3.63) is 71.8 Å². The summed E-state index contributed by atoms with van der Waals surface area (Å²) in [6.07, 6.45) is -6.07. The predicted molar refractivity (Wildman–Crippen MR) is 97.7 cm³/mol. The van der Waals surface area contributed by atoms with Gasteiger partial charge in [0.25, 0.3) is 0 Å². The van der Waals surface area contributed by atoms with Gasteiger partial charge in [-0.15, -0.1) is 0 Å². The van der Waals surface area contributed by atoms with E-state index in [1.165, 1.54) is 12.1 Å². The predicted octanol–water partition coefficient (Wildman–Crippen LogP) is 2.70. The summed E-state index contributed by atoms with van der Waals surface area (Å²) >= 11 is 0. The molecule has 2 aromatic carbocycles. The number of benzene rings is 2. The van der Waals surface area contributed by atoms with E-state index in [9.17, 15) is 18.8 Å². The van der Waals surface area contributed by atoms with Crippen LogP contribution < -0.4 is 0 Å². The minimum atomic E-state index is -1.94. The zero-order chi connectivity index (χ0) is 20.8. The van der Waals surface area contributed by atoms with Crippen molar-refractivity contribution in [1.29, 1.82) is 0 Å². The van der Waals surface area contributed by atoms with Gasteiger partial charge in [-0.25, -0.2) is 14.0 Å². The second kappa shape index (κ2) is 9.29. The molecule has 3 rings (SSSR count). The maximum Gasteiger partial charge on any atom is 0.338 e. The third kappa shape index (κ3) is 5.17. The summed E-state index contributed by atoms with van der Waals surface area (Å²) in [5.74, 6) is -2.17. The molecule has 0 radical (unpaired) electrons. The topological polar surface area (TPSA) is 88.1 Å². The molecule has 0 amide bonds. The van der Waals surface area contributed by atoms with E-state index >= 15 is 0 Å². The summed E-state index contributed by atoms with van der Waals surface area (Å²) in [5, 5.41) is 0. The highest BCUT2D eigenvalue weighted by Gasteiger charge is 2.50. The van der Waals surface area contributed by atoms with Gasteiger partial charge in [-0.2, -0.15) is 0 Å². The van der Waals surface area contributed by atoms with Gasteiger partial charge in [-0.05, 0) is 24.3 Å². The monoisotopic (exact) mass is 402 g/mol. The molecule has 7 nitrogen and oxygen atoms in total. The van der Waals surface area contributed by atoms with E-state index in [-0.39, 0.29) is 5.56 Å². The highest BCUT2D eigenvalue weighted by molar-refractivity contribution is 5.90. The van der Waals surface area contributed by atoms with Crippen molar-refractivity contribution in [2.75, 3.05) is 6.61 Å². The van der Waals surface area contributed by atoms with E-state index in [1.54, 1.807) is 48.5 Å². The highest BCUT2D eigenvalue weighted by Crippen LogP contribution is 2.29. The average Bonchev–Trinajstić information content (AvgIpc) is 3.01. The van der Waals surface area contributed by atoms with E-state index in [4.69, 9.17) is 18.9 Å². The fraction of sp³-hybridized carbons (Fsp3) is 0.286. The molecule has 0 saturated carbocycles. The van der Waals surface area contributed by atoms with Gasteiger partial charge in [-0.1, -0.05) is 36.4 Å². The molecule has 0 N–H and O–H groups in total. The molecular formula is C21H19FO7. The number of hydrogen-bond acceptors (Lipinski definition) is 7. The van der Waals surface area contributed by atoms with E-state index in [1.807, 2.05) is 0 Å². The van der Waals surface area contributed by atoms with Crippen molar-refractivity contribution >= 4 is 17.9 Å². The van der Waals surface area contributed by atoms with Crippen LogP contribution in [0.25, 0.3) is 0 Å². The number of ether oxygens (including phenoxy) is 4. The fourth-order valence-corrected chi connectivity index (χ4v) is 2.80. The Bertz CT molecular complexity index is 856. The van der Waals surface area contributed by atoms with E-state index in [0.29, 0.717) is 5.56 Å². The molecule has 4 atom stereocenters. The van der Waals surface area contributed by atoms with Gasteiger partial charge in [0.05, 0.1) is 11.1 Å².